The van der Waals surface area contributed by atoms with Crippen molar-refractivity contribution in [3.8, 4) is 0 Å². The second kappa shape index (κ2) is 8.48. The molecule has 1 aliphatic carbocycles. The van der Waals surface area contributed by atoms with Gasteiger partial charge in [0, 0.05) is 19.6 Å². The maximum Gasteiger partial charge on any atom is 0.220 e. The molecule has 18 heavy (non-hydrogen) atoms. The van der Waals surface area contributed by atoms with Gasteiger partial charge in [0.1, 0.15) is 0 Å². The van der Waals surface area contributed by atoms with Crippen LogP contribution in [-0.2, 0) is 9.53 Å². The minimum atomic E-state index is 0.157. The van der Waals surface area contributed by atoms with Crippen LogP contribution in [0.4, 0.5) is 0 Å². The summed E-state index contributed by atoms with van der Waals surface area (Å²) in [7, 11) is 1.68. The number of ether oxygens (including phenoxy) is 1. The van der Waals surface area contributed by atoms with Gasteiger partial charge in [-0.1, -0.05) is 19.8 Å². The number of rotatable bonds is 7. The highest BCUT2D eigenvalue weighted by molar-refractivity contribution is 5.76. The van der Waals surface area contributed by atoms with Crippen molar-refractivity contribution in [3.05, 3.63) is 0 Å². The number of carbonyl (C=O) groups excluding carboxylic acids is 1. The topological polar surface area (TPSA) is 64.3 Å². The van der Waals surface area contributed by atoms with Gasteiger partial charge in [0.05, 0.1) is 12.6 Å². The molecule has 0 saturated heterocycles. The first kappa shape index (κ1) is 15.4. The summed E-state index contributed by atoms with van der Waals surface area (Å²) in [5.74, 6) is 0.628. The normalized spacial score (nSPS) is 25.7. The van der Waals surface area contributed by atoms with Gasteiger partial charge in [-0.3, -0.25) is 4.79 Å². The Morgan fingerprint density at radius 2 is 2.28 bits per heavy atom. The Hall–Kier alpha value is -0.610. The second-order valence-corrected chi connectivity index (χ2v) is 5.51. The van der Waals surface area contributed by atoms with E-state index in [2.05, 4.69) is 12.2 Å². The summed E-state index contributed by atoms with van der Waals surface area (Å²) in [4.78, 5) is 12.0. The lowest BCUT2D eigenvalue weighted by atomic mass is 9.84. The monoisotopic (exact) mass is 256 g/mol. The van der Waals surface area contributed by atoms with Crippen LogP contribution in [0.1, 0.15) is 51.9 Å². The van der Waals surface area contributed by atoms with Crippen LogP contribution in [0.25, 0.3) is 0 Å². The van der Waals surface area contributed by atoms with Crippen LogP contribution in [0.15, 0.2) is 0 Å². The molecule has 4 nitrogen and oxygen atoms in total. The molecular formula is C14H28N2O2. The molecule has 0 bridgehead atoms. The van der Waals surface area contributed by atoms with E-state index in [1.165, 1.54) is 0 Å². The highest BCUT2D eigenvalue weighted by Crippen LogP contribution is 2.25. The van der Waals surface area contributed by atoms with Crippen LogP contribution in [0, 0.1) is 5.92 Å². The highest BCUT2D eigenvalue weighted by Gasteiger charge is 2.22. The Morgan fingerprint density at radius 1 is 1.50 bits per heavy atom. The van der Waals surface area contributed by atoms with E-state index in [0.29, 0.717) is 25.0 Å². The molecule has 1 fully saturated rings. The van der Waals surface area contributed by atoms with Crippen LogP contribution in [0.3, 0.4) is 0 Å². The fraction of sp³-hybridized carbons (Fsp3) is 0.929. The van der Waals surface area contributed by atoms with E-state index in [9.17, 15) is 4.79 Å². The van der Waals surface area contributed by atoms with Crippen LogP contribution in [0.2, 0.25) is 0 Å². The predicted octanol–water partition coefficient (Wildman–Crippen LogP) is 1.83. The first-order chi connectivity index (χ1) is 8.65. The molecule has 0 radical (unpaired) electrons. The number of methoxy groups -OCH3 is 1. The molecule has 1 aliphatic rings. The Labute approximate surface area is 111 Å². The molecule has 3 N–H and O–H groups in total. The van der Waals surface area contributed by atoms with Gasteiger partial charge in [-0.05, 0) is 31.6 Å². The summed E-state index contributed by atoms with van der Waals surface area (Å²) in [5, 5.41) is 3.08. The molecule has 3 atom stereocenters. The maximum atomic E-state index is 12.0. The van der Waals surface area contributed by atoms with Gasteiger partial charge in [-0.2, -0.15) is 0 Å². The third-order valence-corrected chi connectivity index (χ3v) is 3.67. The van der Waals surface area contributed by atoms with Crippen LogP contribution < -0.4 is 11.1 Å². The molecule has 1 amide bonds. The number of nitrogens with one attached hydrogen (secondary N) is 1. The first-order valence-corrected chi connectivity index (χ1v) is 7.19. The van der Waals surface area contributed by atoms with Gasteiger partial charge in [0.15, 0.2) is 0 Å². The average molecular weight is 256 g/mol. The van der Waals surface area contributed by atoms with Crippen molar-refractivity contribution in [2.45, 2.75) is 64.0 Å². The van der Waals surface area contributed by atoms with Crippen LogP contribution in [-0.4, -0.2) is 31.7 Å². The molecule has 0 aliphatic heterocycles. The van der Waals surface area contributed by atoms with Gasteiger partial charge in [0.25, 0.3) is 0 Å². The number of carbonyl (C=O) groups is 1. The molecule has 0 aromatic carbocycles. The van der Waals surface area contributed by atoms with E-state index in [1.54, 1.807) is 7.11 Å². The minimum absolute atomic E-state index is 0.157. The molecule has 3 unspecified atom stereocenters. The zero-order chi connectivity index (χ0) is 13.4. The zero-order valence-corrected chi connectivity index (χ0v) is 11.8. The molecule has 0 aromatic rings. The second-order valence-electron chi connectivity index (χ2n) is 5.51. The van der Waals surface area contributed by atoms with Crippen molar-refractivity contribution >= 4 is 5.91 Å². The summed E-state index contributed by atoms with van der Waals surface area (Å²) in [6.07, 6.45) is 7.07. The zero-order valence-electron chi connectivity index (χ0n) is 11.8. The van der Waals surface area contributed by atoms with E-state index < -0.39 is 0 Å². The van der Waals surface area contributed by atoms with Crippen molar-refractivity contribution in [2.24, 2.45) is 11.7 Å². The third kappa shape index (κ3) is 5.83. The molecule has 1 rings (SSSR count). The van der Waals surface area contributed by atoms with Gasteiger partial charge in [-0.25, -0.2) is 0 Å². The van der Waals surface area contributed by atoms with Crippen molar-refractivity contribution in [3.63, 3.8) is 0 Å². The summed E-state index contributed by atoms with van der Waals surface area (Å²) in [6.45, 7) is 2.72. The Morgan fingerprint density at radius 3 is 2.89 bits per heavy atom. The molecule has 0 spiro atoms. The number of hydrogen-bond donors (Lipinski definition) is 2. The quantitative estimate of drug-likeness (QED) is 0.730. The smallest absolute Gasteiger partial charge is 0.220 e. The van der Waals surface area contributed by atoms with Gasteiger partial charge in [-0.15, -0.1) is 0 Å². The van der Waals surface area contributed by atoms with E-state index in [1.807, 2.05) is 0 Å². The Balaban J connectivity index is 2.30. The average Bonchev–Trinajstić information content (AvgIpc) is 2.29. The maximum absolute atomic E-state index is 12.0. The molecule has 1 saturated carbocycles. The number of nitrogens with two attached hydrogens (primary N) is 1. The summed E-state index contributed by atoms with van der Waals surface area (Å²) in [5.41, 5.74) is 5.95. The first-order valence-electron chi connectivity index (χ1n) is 7.19. The lowest BCUT2D eigenvalue weighted by Gasteiger charge is -2.27. The highest BCUT2D eigenvalue weighted by atomic mass is 16.5. The SMILES string of the molecule is CCCC(COC)NC(=O)CC1CCCC(N)C1. The van der Waals surface area contributed by atoms with Crippen LogP contribution in [0.5, 0.6) is 0 Å². The molecule has 106 valence electrons. The van der Waals surface area contributed by atoms with Gasteiger partial charge >= 0.3 is 0 Å². The molecule has 4 heteroatoms. The van der Waals surface area contributed by atoms with E-state index in [0.717, 1.165) is 38.5 Å². The van der Waals surface area contributed by atoms with Crippen molar-refractivity contribution < 1.29 is 9.53 Å². The summed E-state index contributed by atoms with van der Waals surface area (Å²) >= 11 is 0. The lowest BCUT2D eigenvalue weighted by Crippen LogP contribution is -2.39. The van der Waals surface area contributed by atoms with Crippen molar-refractivity contribution in [2.75, 3.05) is 13.7 Å². The van der Waals surface area contributed by atoms with E-state index >= 15 is 0 Å². The number of amides is 1. The summed E-state index contributed by atoms with van der Waals surface area (Å²) < 4.78 is 5.13. The Bertz CT molecular complexity index is 231. The predicted molar refractivity (Wildman–Crippen MR) is 73.3 cm³/mol. The molecular weight excluding hydrogens is 228 g/mol. The Kier molecular flexibility index (Phi) is 7.28. The van der Waals surface area contributed by atoms with Gasteiger partial charge in [0.2, 0.25) is 5.91 Å². The fourth-order valence-corrected chi connectivity index (χ4v) is 2.81. The molecule has 0 heterocycles. The number of hydrogen-bond acceptors (Lipinski definition) is 3. The fourth-order valence-electron chi connectivity index (χ4n) is 2.81. The minimum Gasteiger partial charge on any atom is -0.383 e. The van der Waals surface area contributed by atoms with Crippen molar-refractivity contribution in [1.82, 2.24) is 5.32 Å². The van der Waals surface area contributed by atoms with Gasteiger partial charge < -0.3 is 15.8 Å². The van der Waals surface area contributed by atoms with Crippen molar-refractivity contribution in [1.29, 1.82) is 0 Å². The lowest BCUT2D eigenvalue weighted by molar-refractivity contribution is -0.123. The molecule has 0 aromatic heterocycles. The van der Waals surface area contributed by atoms with E-state index in [-0.39, 0.29) is 11.9 Å². The van der Waals surface area contributed by atoms with E-state index in [4.69, 9.17) is 10.5 Å². The van der Waals surface area contributed by atoms with Crippen LogP contribution >= 0.6 is 0 Å². The summed E-state index contributed by atoms with van der Waals surface area (Å²) in [6, 6.07) is 0.451. The standard InChI is InChI=1S/C14H28N2O2/c1-3-5-13(10-18-2)16-14(17)9-11-6-4-7-12(15)8-11/h11-13H,3-10,15H2,1-2H3,(H,16,17). The largest absolute Gasteiger partial charge is 0.383 e. The third-order valence-electron chi connectivity index (χ3n) is 3.67.